The number of aromatic amines is 1. The third-order valence-corrected chi connectivity index (χ3v) is 5.83. The number of fused-ring (bicyclic) bond motifs is 3. The van der Waals surface area contributed by atoms with E-state index in [1.165, 1.54) is 28.5 Å². The Morgan fingerprint density at radius 2 is 1.87 bits per heavy atom. The number of para-hydroxylation sites is 1. The fourth-order valence-corrected chi connectivity index (χ4v) is 4.46. The Morgan fingerprint density at radius 1 is 1.10 bits per heavy atom. The molecular formula is C23H21N3O4. The van der Waals surface area contributed by atoms with E-state index >= 15 is 0 Å². The van der Waals surface area contributed by atoms with Crippen LogP contribution in [0.15, 0.2) is 48.5 Å². The maximum atomic E-state index is 13.2. The monoisotopic (exact) mass is 403 g/mol. The number of nitrogens with zero attached hydrogens (tertiary/aromatic N) is 2. The molecule has 0 bridgehead atoms. The van der Waals surface area contributed by atoms with Gasteiger partial charge in [0.15, 0.2) is 0 Å². The van der Waals surface area contributed by atoms with Gasteiger partial charge in [0.1, 0.15) is 5.75 Å². The van der Waals surface area contributed by atoms with Crippen LogP contribution in [0.3, 0.4) is 0 Å². The summed E-state index contributed by atoms with van der Waals surface area (Å²) in [6, 6.07) is 14.1. The van der Waals surface area contributed by atoms with Crippen molar-refractivity contribution in [3.8, 4) is 5.75 Å². The van der Waals surface area contributed by atoms with Gasteiger partial charge >= 0.3 is 5.97 Å². The molecule has 0 saturated carbocycles. The minimum Gasteiger partial charge on any atom is -0.427 e. The highest BCUT2D eigenvalue weighted by atomic mass is 16.5. The zero-order valence-corrected chi connectivity index (χ0v) is 16.6. The minimum absolute atomic E-state index is 0.169. The molecule has 7 nitrogen and oxygen atoms in total. The molecule has 0 radical (unpaired) electrons. The molecule has 0 spiro atoms. The van der Waals surface area contributed by atoms with Gasteiger partial charge in [0.25, 0.3) is 5.91 Å². The molecule has 2 aromatic carbocycles. The number of amides is 2. The van der Waals surface area contributed by atoms with Crippen molar-refractivity contribution in [2.75, 3.05) is 11.4 Å². The first kappa shape index (κ1) is 18.6. The molecule has 0 aliphatic carbocycles. The largest absolute Gasteiger partial charge is 0.427 e. The third-order valence-electron chi connectivity index (χ3n) is 5.83. The summed E-state index contributed by atoms with van der Waals surface area (Å²) in [6.07, 6.45) is 0.987. The summed E-state index contributed by atoms with van der Waals surface area (Å²) >= 11 is 0. The highest BCUT2D eigenvalue weighted by Crippen LogP contribution is 2.32. The summed E-state index contributed by atoms with van der Waals surface area (Å²) in [5.41, 5.74) is 4.02. The highest BCUT2D eigenvalue weighted by molar-refractivity contribution is 6.22. The Morgan fingerprint density at radius 3 is 2.63 bits per heavy atom. The van der Waals surface area contributed by atoms with Crippen LogP contribution in [-0.2, 0) is 27.3 Å². The number of ether oxygens (including phenoxy) is 1. The van der Waals surface area contributed by atoms with Crippen molar-refractivity contribution < 1.29 is 19.1 Å². The van der Waals surface area contributed by atoms with Gasteiger partial charge in [0.2, 0.25) is 5.91 Å². The lowest BCUT2D eigenvalue weighted by Gasteiger charge is -2.31. The second kappa shape index (κ2) is 7.11. The SMILES string of the molecule is CC(=O)Oc1ccc(N2C(=O)C[C@H](N3CCc4[nH]c5ccccc5c4C3)C2=O)cc1. The van der Waals surface area contributed by atoms with Crippen LogP contribution in [0, 0.1) is 0 Å². The Kier molecular flexibility index (Phi) is 4.40. The van der Waals surface area contributed by atoms with E-state index in [4.69, 9.17) is 4.74 Å². The summed E-state index contributed by atoms with van der Waals surface area (Å²) in [5.74, 6) is -0.457. The number of imide groups is 1. The number of nitrogens with one attached hydrogen (secondary N) is 1. The fraction of sp³-hybridized carbons (Fsp3) is 0.261. The van der Waals surface area contributed by atoms with Gasteiger partial charge in [-0.25, -0.2) is 4.90 Å². The standard InChI is InChI=1S/C23H21N3O4/c1-14(27)30-16-8-6-15(7-9-16)26-22(28)12-21(23(26)29)25-11-10-20-18(13-25)17-4-2-3-5-19(17)24-20/h2-9,21,24H,10-13H2,1H3/t21-/m0/s1. The molecule has 1 N–H and O–H groups in total. The topological polar surface area (TPSA) is 82.7 Å². The molecule has 2 aliphatic heterocycles. The Hall–Kier alpha value is -3.45. The molecule has 30 heavy (non-hydrogen) atoms. The molecule has 2 amide bonds. The van der Waals surface area contributed by atoms with Crippen LogP contribution in [0.5, 0.6) is 5.75 Å². The fourth-order valence-electron chi connectivity index (χ4n) is 4.46. The van der Waals surface area contributed by atoms with Gasteiger partial charge in [-0.3, -0.25) is 19.3 Å². The summed E-state index contributed by atoms with van der Waals surface area (Å²) in [5, 5.41) is 1.17. The predicted molar refractivity (Wildman–Crippen MR) is 111 cm³/mol. The second-order valence-corrected chi connectivity index (χ2v) is 7.72. The van der Waals surface area contributed by atoms with Crippen molar-refractivity contribution in [1.82, 2.24) is 9.88 Å². The van der Waals surface area contributed by atoms with Crippen molar-refractivity contribution >= 4 is 34.4 Å². The number of anilines is 1. The molecule has 0 unspecified atom stereocenters. The first-order valence-electron chi connectivity index (χ1n) is 9.99. The first-order valence-corrected chi connectivity index (χ1v) is 9.99. The number of rotatable bonds is 3. The molecule has 5 rings (SSSR count). The van der Waals surface area contributed by atoms with Crippen LogP contribution in [0.4, 0.5) is 5.69 Å². The summed E-state index contributed by atoms with van der Waals surface area (Å²) in [7, 11) is 0. The molecule has 1 atom stereocenters. The molecular weight excluding hydrogens is 382 g/mol. The predicted octanol–water partition coefficient (Wildman–Crippen LogP) is 2.78. The average molecular weight is 403 g/mol. The van der Waals surface area contributed by atoms with E-state index in [2.05, 4.69) is 22.0 Å². The van der Waals surface area contributed by atoms with Crippen molar-refractivity contribution in [2.24, 2.45) is 0 Å². The Bertz CT molecular complexity index is 1160. The minimum atomic E-state index is -0.465. The van der Waals surface area contributed by atoms with E-state index in [0.29, 0.717) is 18.0 Å². The smallest absolute Gasteiger partial charge is 0.308 e. The lowest BCUT2D eigenvalue weighted by atomic mass is 10.0. The molecule has 3 aromatic rings. The lowest BCUT2D eigenvalue weighted by molar-refractivity contribution is -0.132. The number of benzene rings is 2. The number of esters is 1. The summed E-state index contributed by atoms with van der Waals surface area (Å²) in [4.78, 5) is 43.8. The van der Waals surface area contributed by atoms with Gasteiger partial charge in [-0.1, -0.05) is 18.2 Å². The molecule has 3 heterocycles. The van der Waals surface area contributed by atoms with Gasteiger partial charge in [-0.2, -0.15) is 0 Å². The molecule has 152 valence electrons. The first-order chi connectivity index (χ1) is 14.5. The van der Waals surface area contributed by atoms with Crippen LogP contribution >= 0.6 is 0 Å². The van der Waals surface area contributed by atoms with Crippen LogP contribution in [0.1, 0.15) is 24.6 Å². The van der Waals surface area contributed by atoms with E-state index in [1.54, 1.807) is 24.3 Å². The van der Waals surface area contributed by atoms with Crippen LogP contribution in [0.2, 0.25) is 0 Å². The van der Waals surface area contributed by atoms with E-state index in [9.17, 15) is 14.4 Å². The number of carbonyl (C=O) groups excluding carboxylic acids is 3. The van der Waals surface area contributed by atoms with Crippen LogP contribution in [0.25, 0.3) is 10.9 Å². The van der Waals surface area contributed by atoms with E-state index in [-0.39, 0.29) is 18.2 Å². The third kappa shape index (κ3) is 3.07. The Balaban J connectivity index is 1.37. The zero-order chi connectivity index (χ0) is 20.8. The van der Waals surface area contributed by atoms with Crippen LogP contribution < -0.4 is 9.64 Å². The van der Waals surface area contributed by atoms with Crippen molar-refractivity contribution in [3.05, 3.63) is 59.8 Å². The van der Waals surface area contributed by atoms with Crippen molar-refractivity contribution in [2.45, 2.75) is 32.4 Å². The number of carbonyl (C=O) groups is 3. The second-order valence-electron chi connectivity index (χ2n) is 7.72. The summed E-state index contributed by atoms with van der Waals surface area (Å²) < 4.78 is 5.02. The van der Waals surface area contributed by atoms with Crippen molar-refractivity contribution in [1.29, 1.82) is 0 Å². The normalized spacial score (nSPS) is 19.4. The van der Waals surface area contributed by atoms with Gasteiger partial charge < -0.3 is 9.72 Å². The van der Waals surface area contributed by atoms with E-state index in [1.807, 2.05) is 12.1 Å². The molecule has 1 aromatic heterocycles. The number of hydrogen-bond donors (Lipinski definition) is 1. The summed E-state index contributed by atoms with van der Waals surface area (Å²) in [6.45, 7) is 2.69. The quantitative estimate of drug-likeness (QED) is 0.413. The van der Waals surface area contributed by atoms with Crippen LogP contribution in [-0.4, -0.2) is 40.3 Å². The molecule has 1 saturated heterocycles. The number of hydrogen-bond acceptors (Lipinski definition) is 5. The maximum Gasteiger partial charge on any atom is 0.308 e. The Labute approximate surface area is 173 Å². The number of aromatic nitrogens is 1. The molecule has 1 fully saturated rings. The van der Waals surface area contributed by atoms with E-state index in [0.717, 1.165) is 18.5 Å². The van der Waals surface area contributed by atoms with E-state index < -0.39 is 12.0 Å². The number of H-pyrrole nitrogens is 1. The van der Waals surface area contributed by atoms with Gasteiger partial charge in [0.05, 0.1) is 18.2 Å². The highest BCUT2D eigenvalue weighted by Gasteiger charge is 2.43. The zero-order valence-electron chi connectivity index (χ0n) is 16.6. The van der Waals surface area contributed by atoms with Crippen molar-refractivity contribution in [3.63, 3.8) is 0 Å². The van der Waals surface area contributed by atoms with Gasteiger partial charge in [-0.15, -0.1) is 0 Å². The lowest BCUT2D eigenvalue weighted by Crippen LogP contribution is -2.44. The maximum absolute atomic E-state index is 13.2. The van der Waals surface area contributed by atoms with Gasteiger partial charge in [0, 0.05) is 43.0 Å². The molecule has 7 heteroatoms. The van der Waals surface area contributed by atoms with Gasteiger partial charge in [-0.05, 0) is 35.9 Å². The average Bonchev–Trinajstić information content (AvgIpc) is 3.25. The molecule has 2 aliphatic rings.